The van der Waals surface area contributed by atoms with Gasteiger partial charge in [0, 0.05) is 16.8 Å². The van der Waals surface area contributed by atoms with E-state index in [-0.39, 0.29) is 5.91 Å². The van der Waals surface area contributed by atoms with E-state index in [0.717, 1.165) is 16.8 Å². The molecule has 0 spiro atoms. The molecule has 0 atom stereocenters. The van der Waals surface area contributed by atoms with Crippen molar-refractivity contribution in [1.82, 2.24) is 0 Å². The largest absolute Gasteiger partial charge is 0.493 e. The molecule has 3 aromatic carbocycles. The number of para-hydroxylation sites is 1. The minimum Gasteiger partial charge on any atom is -0.493 e. The lowest BCUT2D eigenvalue weighted by atomic mass is 10.0. The van der Waals surface area contributed by atoms with E-state index in [1.807, 2.05) is 24.3 Å². The first-order valence-electron chi connectivity index (χ1n) is 9.26. The van der Waals surface area contributed by atoms with E-state index < -0.39 is 5.97 Å². The van der Waals surface area contributed by atoms with Crippen LogP contribution in [0.2, 0.25) is 0 Å². The van der Waals surface area contributed by atoms with Crippen LogP contribution in [0.1, 0.15) is 21.5 Å². The van der Waals surface area contributed by atoms with Crippen molar-refractivity contribution < 1.29 is 23.8 Å². The van der Waals surface area contributed by atoms with Crippen LogP contribution in [0, 0.1) is 0 Å². The Hall–Kier alpha value is -4.06. The van der Waals surface area contributed by atoms with Gasteiger partial charge in [0.15, 0.2) is 11.5 Å². The van der Waals surface area contributed by atoms with Crippen molar-refractivity contribution in [2.75, 3.05) is 19.5 Å². The van der Waals surface area contributed by atoms with Gasteiger partial charge in [0.1, 0.15) is 5.75 Å². The number of benzene rings is 3. The Morgan fingerprint density at radius 3 is 2.37 bits per heavy atom. The van der Waals surface area contributed by atoms with Gasteiger partial charge in [-0.1, -0.05) is 30.3 Å². The molecule has 0 unspecified atom stereocenters. The molecule has 1 aliphatic heterocycles. The molecular formula is C24H19NO5. The Morgan fingerprint density at radius 2 is 1.63 bits per heavy atom. The predicted molar refractivity (Wildman–Crippen MR) is 114 cm³/mol. The smallest absolute Gasteiger partial charge is 0.343 e. The molecular weight excluding hydrogens is 382 g/mol. The lowest BCUT2D eigenvalue weighted by molar-refractivity contribution is -0.110. The second-order valence-corrected chi connectivity index (χ2v) is 6.59. The van der Waals surface area contributed by atoms with Gasteiger partial charge in [-0.3, -0.25) is 4.79 Å². The maximum Gasteiger partial charge on any atom is 0.343 e. The second-order valence-electron chi connectivity index (χ2n) is 6.59. The van der Waals surface area contributed by atoms with Crippen LogP contribution < -0.4 is 19.5 Å². The Kier molecular flexibility index (Phi) is 5.22. The molecule has 0 radical (unpaired) electrons. The highest BCUT2D eigenvalue weighted by molar-refractivity contribution is 6.34. The number of ether oxygens (including phenoxy) is 3. The van der Waals surface area contributed by atoms with Gasteiger partial charge >= 0.3 is 5.97 Å². The molecule has 0 bridgehead atoms. The molecule has 1 heterocycles. The van der Waals surface area contributed by atoms with Gasteiger partial charge in [0.2, 0.25) is 0 Å². The molecule has 0 saturated heterocycles. The van der Waals surface area contributed by atoms with Crippen LogP contribution in [-0.2, 0) is 4.79 Å². The normalized spacial score (nSPS) is 13.5. The number of hydrogen-bond acceptors (Lipinski definition) is 5. The van der Waals surface area contributed by atoms with E-state index in [4.69, 9.17) is 14.2 Å². The van der Waals surface area contributed by atoms with Gasteiger partial charge in [0.25, 0.3) is 5.91 Å². The molecule has 0 saturated carbocycles. The molecule has 3 aromatic rings. The quantitative estimate of drug-likeness (QED) is 0.389. The highest BCUT2D eigenvalue weighted by atomic mass is 16.5. The van der Waals surface area contributed by atoms with E-state index in [1.165, 1.54) is 14.2 Å². The second kappa shape index (κ2) is 8.13. The number of anilines is 1. The van der Waals surface area contributed by atoms with Gasteiger partial charge in [0.05, 0.1) is 19.8 Å². The summed E-state index contributed by atoms with van der Waals surface area (Å²) >= 11 is 0. The number of hydrogen-bond donors (Lipinski definition) is 1. The summed E-state index contributed by atoms with van der Waals surface area (Å²) in [5.74, 6) is 0.729. The summed E-state index contributed by atoms with van der Waals surface area (Å²) in [5.41, 5.74) is 3.43. The zero-order valence-electron chi connectivity index (χ0n) is 16.5. The van der Waals surface area contributed by atoms with Crippen molar-refractivity contribution in [3.05, 3.63) is 83.4 Å². The molecule has 150 valence electrons. The number of rotatable bonds is 5. The van der Waals surface area contributed by atoms with E-state index in [0.29, 0.717) is 28.4 Å². The number of carbonyl (C=O) groups is 2. The fourth-order valence-corrected chi connectivity index (χ4v) is 3.21. The monoisotopic (exact) mass is 401 g/mol. The van der Waals surface area contributed by atoms with Crippen molar-refractivity contribution in [2.24, 2.45) is 0 Å². The average molecular weight is 401 g/mol. The van der Waals surface area contributed by atoms with Gasteiger partial charge < -0.3 is 19.5 Å². The maximum atomic E-state index is 12.4. The number of fused-ring (bicyclic) bond motifs is 1. The molecule has 0 aliphatic carbocycles. The molecule has 0 fully saturated rings. The Morgan fingerprint density at radius 1 is 0.900 bits per heavy atom. The highest BCUT2D eigenvalue weighted by Crippen LogP contribution is 2.33. The van der Waals surface area contributed by atoms with Gasteiger partial charge in [-0.15, -0.1) is 0 Å². The van der Waals surface area contributed by atoms with Crippen molar-refractivity contribution >= 4 is 29.2 Å². The molecule has 30 heavy (non-hydrogen) atoms. The molecule has 4 rings (SSSR count). The lowest BCUT2D eigenvalue weighted by Gasteiger charge is -2.09. The third-order valence-electron chi connectivity index (χ3n) is 4.73. The molecule has 6 nitrogen and oxygen atoms in total. The summed E-state index contributed by atoms with van der Waals surface area (Å²) in [5, 5.41) is 2.85. The molecule has 6 heteroatoms. The predicted octanol–water partition coefficient (Wildman–Crippen LogP) is 4.42. The zero-order valence-corrected chi connectivity index (χ0v) is 16.5. The van der Waals surface area contributed by atoms with Gasteiger partial charge in [-0.25, -0.2) is 4.79 Å². The van der Waals surface area contributed by atoms with E-state index in [9.17, 15) is 9.59 Å². The van der Waals surface area contributed by atoms with Crippen molar-refractivity contribution in [3.63, 3.8) is 0 Å². The van der Waals surface area contributed by atoms with Gasteiger partial charge in [-0.05, 0) is 48.0 Å². The van der Waals surface area contributed by atoms with Crippen LogP contribution in [0.4, 0.5) is 5.69 Å². The van der Waals surface area contributed by atoms with Crippen LogP contribution in [0.25, 0.3) is 11.6 Å². The lowest BCUT2D eigenvalue weighted by Crippen LogP contribution is -2.08. The highest BCUT2D eigenvalue weighted by Gasteiger charge is 2.23. The van der Waals surface area contributed by atoms with Crippen molar-refractivity contribution in [3.8, 4) is 17.2 Å². The first-order valence-corrected chi connectivity index (χ1v) is 9.26. The minimum atomic E-state index is -0.508. The van der Waals surface area contributed by atoms with E-state index >= 15 is 0 Å². The van der Waals surface area contributed by atoms with Crippen LogP contribution in [0.15, 0.2) is 66.7 Å². The molecule has 0 aromatic heterocycles. The van der Waals surface area contributed by atoms with Crippen molar-refractivity contribution in [1.29, 1.82) is 0 Å². The number of methoxy groups -OCH3 is 2. The van der Waals surface area contributed by atoms with Crippen LogP contribution in [-0.4, -0.2) is 26.1 Å². The topological polar surface area (TPSA) is 73.9 Å². The summed E-state index contributed by atoms with van der Waals surface area (Å²) in [6, 6.07) is 19.3. The molecule has 1 aliphatic rings. The summed E-state index contributed by atoms with van der Waals surface area (Å²) < 4.78 is 15.8. The minimum absolute atomic E-state index is 0.139. The first kappa shape index (κ1) is 19.3. The SMILES string of the molecule is COc1ccc(C(=O)Oc2ccc(/C=C3\C(=O)Nc4ccccc43)cc2)cc1OC. The van der Waals surface area contributed by atoms with E-state index in [2.05, 4.69) is 5.32 Å². The van der Waals surface area contributed by atoms with Crippen molar-refractivity contribution in [2.45, 2.75) is 0 Å². The Bertz CT molecular complexity index is 1150. The molecule has 1 amide bonds. The maximum absolute atomic E-state index is 12.4. The Labute approximate surface area is 173 Å². The summed E-state index contributed by atoms with van der Waals surface area (Å²) in [4.78, 5) is 24.7. The standard InChI is InChI=1S/C24H19NO5/c1-28-21-12-9-16(14-22(21)29-2)24(27)30-17-10-7-15(8-11-17)13-19-18-5-3-4-6-20(18)25-23(19)26/h3-14H,1-2H3,(H,25,26)/b19-13-. The van der Waals surface area contributed by atoms with Crippen LogP contribution >= 0.6 is 0 Å². The van der Waals surface area contributed by atoms with E-state index in [1.54, 1.807) is 48.5 Å². The summed E-state index contributed by atoms with van der Waals surface area (Å²) in [7, 11) is 3.03. The van der Waals surface area contributed by atoms with Crippen LogP contribution in [0.3, 0.4) is 0 Å². The van der Waals surface area contributed by atoms with Crippen LogP contribution in [0.5, 0.6) is 17.2 Å². The number of carbonyl (C=O) groups excluding carboxylic acids is 2. The Balaban J connectivity index is 1.51. The fraction of sp³-hybridized carbons (Fsp3) is 0.0833. The number of esters is 1. The first-order chi connectivity index (χ1) is 14.6. The summed E-state index contributed by atoms with van der Waals surface area (Å²) in [6.07, 6.45) is 1.81. The summed E-state index contributed by atoms with van der Waals surface area (Å²) in [6.45, 7) is 0. The number of amides is 1. The average Bonchev–Trinajstić information content (AvgIpc) is 3.09. The number of nitrogens with one attached hydrogen (secondary N) is 1. The third-order valence-corrected chi connectivity index (χ3v) is 4.73. The van der Waals surface area contributed by atoms with Gasteiger partial charge in [-0.2, -0.15) is 0 Å². The molecule has 1 N–H and O–H groups in total. The fourth-order valence-electron chi connectivity index (χ4n) is 3.21. The zero-order chi connectivity index (χ0) is 21.1. The third kappa shape index (κ3) is 3.75.